The Bertz CT molecular complexity index is 209. The van der Waals surface area contributed by atoms with E-state index in [0.29, 0.717) is 6.61 Å². The van der Waals surface area contributed by atoms with Crippen LogP contribution < -0.4 is 11.3 Å². The molecule has 0 spiro atoms. The van der Waals surface area contributed by atoms with E-state index >= 15 is 0 Å². The van der Waals surface area contributed by atoms with Gasteiger partial charge in [0.25, 0.3) is 0 Å². The van der Waals surface area contributed by atoms with E-state index < -0.39 is 0 Å². The number of rotatable bonds is 4. The zero-order valence-corrected chi connectivity index (χ0v) is 9.17. The number of nitrogens with one attached hydrogen (secondary N) is 1. The van der Waals surface area contributed by atoms with Crippen LogP contribution in [0.4, 0.5) is 0 Å². The van der Waals surface area contributed by atoms with Gasteiger partial charge < -0.3 is 9.47 Å². The van der Waals surface area contributed by atoms with Gasteiger partial charge in [-0.05, 0) is 26.8 Å². The highest BCUT2D eigenvalue weighted by atomic mass is 16.5. The molecule has 82 valence electrons. The molecule has 1 rings (SSSR count). The Morgan fingerprint density at radius 1 is 1.64 bits per heavy atom. The Balaban J connectivity index is 2.39. The lowest BCUT2D eigenvalue weighted by molar-refractivity contribution is -0.0159. The first-order valence-corrected chi connectivity index (χ1v) is 4.96. The summed E-state index contributed by atoms with van der Waals surface area (Å²) in [6.07, 6.45) is 3.01. The van der Waals surface area contributed by atoms with Crippen LogP contribution in [-0.2, 0) is 9.47 Å². The molecule has 1 aliphatic heterocycles. The second kappa shape index (κ2) is 4.77. The zero-order valence-electron chi connectivity index (χ0n) is 9.17. The van der Waals surface area contributed by atoms with Crippen molar-refractivity contribution in [1.82, 2.24) is 5.43 Å². The van der Waals surface area contributed by atoms with Gasteiger partial charge in [-0.25, -0.2) is 5.43 Å². The molecular weight excluding hydrogens is 180 g/mol. The van der Waals surface area contributed by atoms with Gasteiger partial charge in [0.15, 0.2) is 0 Å². The Hall–Kier alpha value is -0.580. The van der Waals surface area contributed by atoms with Gasteiger partial charge in [0.2, 0.25) is 0 Å². The third-order valence-electron chi connectivity index (χ3n) is 1.96. The van der Waals surface area contributed by atoms with E-state index in [4.69, 9.17) is 15.3 Å². The van der Waals surface area contributed by atoms with E-state index in [1.165, 1.54) is 0 Å². The van der Waals surface area contributed by atoms with Crippen LogP contribution in [0.5, 0.6) is 0 Å². The van der Waals surface area contributed by atoms with Crippen molar-refractivity contribution in [1.29, 1.82) is 0 Å². The molecule has 0 saturated carbocycles. The van der Waals surface area contributed by atoms with Crippen LogP contribution in [0.2, 0.25) is 0 Å². The van der Waals surface area contributed by atoms with E-state index in [0.717, 1.165) is 18.8 Å². The van der Waals surface area contributed by atoms with E-state index in [1.807, 2.05) is 20.8 Å². The van der Waals surface area contributed by atoms with E-state index in [-0.39, 0.29) is 11.6 Å². The lowest BCUT2D eigenvalue weighted by Gasteiger charge is -2.24. The Labute approximate surface area is 85.4 Å². The highest BCUT2D eigenvalue weighted by Crippen LogP contribution is 2.15. The van der Waals surface area contributed by atoms with Crippen LogP contribution in [0.3, 0.4) is 0 Å². The van der Waals surface area contributed by atoms with E-state index in [1.54, 1.807) is 0 Å². The first-order chi connectivity index (χ1) is 6.53. The lowest BCUT2D eigenvalue weighted by Crippen LogP contribution is -2.42. The van der Waals surface area contributed by atoms with Crippen molar-refractivity contribution in [2.24, 2.45) is 5.84 Å². The van der Waals surface area contributed by atoms with Gasteiger partial charge in [0.05, 0.1) is 18.8 Å². The molecule has 4 nitrogen and oxygen atoms in total. The molecule has 4 heteroatoms. The van der Waals surface area contributed by atoms with Crippen molar-refractivity contribution in [2.45, 2.75) is 38.8 Å². The fourth-order valence-electron chi connectivity index (χ4n) is 1.23. The summed E-state index contributed by atoms with van der Waals surface area (Å²) in [7, 11) is 0. The maximum atomic E-state index is 5.63. The number of hydrazine groups is 1. The number of ether oxygens (including phenoxy) is 2. The Morgan fingerprint density at radius 2 is 2.36 bits per heavy atom. The maximum absolute atomic E-state index is 5.63. The Morgan fingerprint density at radius 3 is 2.79 bits per heavy atom. The standard InChI is InChI=1S/C10H20N2O2/c1-10(2,3)14-7-8(12-11)9-5-4-6-13-9/h5,8,12H,4,6-7,11H2,1-3H3. The first kappa shape index (κ1) is 11.5. The van der Waals surface area contributed by atoms with Crippen molar-refractivity contribution in [2.75, 3.05) is 13.2 Å². The highest BCUT2D eigenvalue weighted by molar-refractivity contribution is 5.06. The van der Waals surface area contributed by atoms with Gasteiger partial charge in [0, 0.05) is 6.42 Å². The van der Waals surface area contributed by atoms with Crippen LogP contribution in [0, 0.1) is 0 Å². The molecule has 0 radical (unpaired) electrons. The summed E-state index contributed by atoms with van der Waals surface area (Å²) in [6, 6.07) is -0.0308. The number of hydrogen-bond donors (Lipinski definition) is 2. The monoisotopic (exact) mass is 200 g/mol. The van der Waals surface area contributed by atoms with Gasteiger partial charge >= 0.3 is 0 Å². The number of nitrogens with two attached hydrogens (primary N) is 1. The largest absolute Gasteiger partial charge is 0.496 e. The number of hydrogen-bond acceptors (Lipinski definition) is 4. The van der Waals surface area contributed by atoms with Gasteiger partial charge in [0.1, 0.15) is 11.8 Å². The van der Waals surface area contributed by atoms with E-state index in [9.17, 15) is 0 Å². The topological polar surface area (TPSA) is 56.5 Å². The lowest BCUT2D eigenvalue weighted by atomic mass is 10.2. The summed E-state index contributed by atoms with van der Waals surface area (Å²) >= 11 is 0. The molecular formula is C10H20N2O2. The molecule has 3 N–H and O–H groups in total. The van der Waals surface area contributed by atoms with Crippen LogP contribution >= 0.6 is 0 Å². The maximum Gasteiger partial charge on any atom is 0.113 e. The molecule has 0 aliphatic carbocycles. The van der Waals surface area contributed by atoms with Crippen molar-refractivity contribution in [3.05, 3.63) is 11.8 Å². The third kappa shape index (κ3) is 3.65. The molecule has 0 aromatic carbocycles. The molecule has 0 aromatic heterocycles. The van der Waals surface area contributed by atoms with Gasteiger partial charge in [-0.1, -0.05) is 0 Å². The molecule has 0 saturated heterocycles. The van der Waals surface area contributed by atoms with Gasteiger partial charge in [-0.3, -0.25) is 5.84 Å². The fourth-order valence-corrected chi connectivity index (χ4v) is 1.23. The molecule has 0 bridgehead atoms. The predicted molar refractivity (Wildman–Crippen MR) is 55.5 cm³/mol. The molecule has 1 heterocycles. The average molecular weight is 200 g/mol. The summed E-state index contributed by atoms with van der Waals surface area (Å²) in [6.45, 7) is 7.34. The minimum Gasteiger partial charge on any atom is -0.496 e. The molecule has 1 aliphatic rings. The third-order valence-corrected chi connectivity index (χ3v) is 1.96. The SMILES string of the molecule is CC(C)(C)OCC(NN)C1=CCCO1. The molecule has 0 aromatic rings. The molecule has 0 amide bonds. The smallest absolute Gasteiger partial charge is 0.113 e. The normalized spacial score (nSPS) is 19.0. The van der Waals surface area contributed by atoms with Gasteiger partial charge in [-0.2, -0.15) is 0 Å². The average Bonchev–Trinajstić information content (AvgIpc) is 2.56. The van der Waals surface area contributed by atoms with Crippen LogP contribution in [0.15, 0.2) is 11.8 Å². The van der Waals surface area contributed by atoms with Crippen LogP contribution in [0.1, 0.15) is 27.2 Å². The van der Waals surface area contributed by atoms with Crippen molar-refractivity contribution in [3.8, 4) is 0 Å². The molecule has 14 heavy (non-hydrogen) atoms. The highest BCUT2D eigenvalue weighted by Gasteiger charge is 2.20. The summed E-state index contributed by atoms with van der Waals surface area (Å²) in [5, 5.41) is 0. The summed E-state index contributed by atoms with van der Waals surface area (Å²) in [5.74, 6) is 6.33. The molecule has 0 fully saturated rings. The van der Waals surface area contributed by atoms with Crippen molar-refractivity contribution < 1.29 is 9.47 Å². The van der Waals surface area contributed by atoms with Gasteiger partial charge in [-0.15, -0.1) is 0 Å². The summed E-state index contributed by atoms with van der Waals surface area (Å²) in [4.78, 5) is 0. The predicted octanol–water partition coefficient (Wildman–Crippen LogP) is 0.938. The Kier molecular flexibility index (Phi) is 3.92. The molecule has 1 atom stereocenters. The molecule has 1 unspecified atom stereocenters. The second-order valence-corrected chi connectivity index (χ2v) is 4.39. The summed E-state index contributed by atoms with van der Waals surface area (Å²) < 4.78 is 11.0. The van der Waals surface area contributed by atoms with Crippen LogP contribution in [-0.4, -0.2) is 24.9 Å². The van der Waals surface area contributed by atoms with Crippen LogP contribution in [0.25, 0.3) is 0 Å². The minimum atomic E-state index is -0.145. The van der Waals surface area contributed by atoms with E-state index in [2.05, 4.69) is 11.5 Å². The first-order valence-electron chi connectivity index (χ1n) is 4.96. The fraction of sp³-hybridized carbons (Fsp3) is 0.800. The minimum absolute atomic E-state index is 0.0308. The van der Waals surface area contributed by atoms with Crippen molar-refractivity contribution >= 4 is 0 Å². The van der Waals surface area contributed by atoms with Crippen molar-refractivity contribution in [3.63, 3.8) is 0 Å². The summed E-state index contributed by atoms with van der Waals surface area (Å²) in [5.41, 5.74) is 2.55. The second-order valence-electron chi connectivity index (χ2n) is 4.39. The zero-order chi connectivity index (χ0) is 10.6. The quantitative estimate of drug-likeness (QED) is 0.524.